The maximum atomic E-state index is 3.00. The predicted molar refractivity (Wildman–Crippen MR) is 106 cm³/mol. The van der Waals surface area contributed by atoms with Gasteiger partial charge in [-0.2, -0.15) is 0 Å². The lowest BCUT2D eigenvalue weighted by Gasteiger charge is -2.37. The molecule has 0 heterocycles. The van der Waals surface area contributed by atoms with E-state index in [0.717, 1.165) is 11.1 Å². The fourth-order valence-electron chi connectivity index (χ4n) is 4.02. The van der Waals surface area contributed by atoms with Gasteiger partial charge in [-0.3, -0.25) is 0 Å². The molecular formula is C16H30I2Si. The molecule has 2 fully saturated rings. The quantitative estimate of drug-likeness (QED) is 0.207. The van der Waals surface area contributed by atoms with E-state index in [1.165, 1.54) is 64.2 Å². The van der Waals surface area contributed by atoms with E-state index >= 15 is 0 Å². The van der Waals surface area contributed by atoms with Gasteiger partial charge in [-0.1, -0.05) is 89.9 Å². The topological polar surface area (TPSA) is 0 Å². The van der Waals surface area contributed by atoms with Crippen molar-refractivity contribution in [3.63, 3.8) is 0 Å². The SMILES string of the molecule is I[Si](I)(C1CCCCCCC1)C1CCCCCCC1. The third kappa shape index (κ3) is 5.42. The largest absolute Gasteiger partial charge is 0.197 e. The summed E-state index contributed by atoms with van der Waals surface area (Å²) in [6.07, 6.45) is 21.4. The molecule has 2 rings (SSSR count). The fourth-order valence-corrected chi connectivity index (χ4v) is 14.5. The van der Waals surface area contributed by atoms with Crippen LogP contribution in [0.1, 0.15) is 89.9 Å². The van der Waals surface area contributed by atoms with Crippen LogP contribution in [0.2, 0.25) is 11.1 Å². The molecule has 19 heavy (non-hydrogen) atoms. The molecule has 0 N–H and O–H groups in total. The average molecular weight is 504 g/mol. The Bertz CT molecular complexity index is 215. The second kappa shape index (κ2) is 8.96. The Balaban J connectivity index is 1.96. The Morgan fingerprint density at radius 2 is 0.737 bits per heavy atom. The minimum absolute atomic E-state index is 1.07. The number of hydrogen-bond donors (Lipinski definition) is 0. The summed E-state index contributed by atoms with van der Waals surface area (Å²) in [5.41, 5.74) is 2.25. The standard InChI is InChI=1S/C16H30I2Si/c17-19(18,15-11-7-3-1-4-8-12-15)16-13-9-5-2-6-10-14-16/h15-16H,1-14H2. The normalized spacial score (nSPS) is 26.2. The zero-order chi connectivity index (χ0) is 13.6. The molecule has 0 nitrogen and oxygen atoms in total. The van der Waals surface area contributed by atoms with Gasteiger partial charge in [-0.15, -0.1) is 43.6 Å². The first-order valence-corrected chi connectivity index (χ1v) is 17.0. The minimum Gasteiger partial charge on any atom is -0.104 e. The molecule has 0 bridgehead atoms. The van der Waals surface area contributed by atoms with Crippen molar-refractivity contribution in [2.75, 3.05) is 0 Å². The predicted octanol–water partition coefficient (Wildman–Crippen LogP) is 7.53. The average Bonchev–Trinajstić information content (AvgIpc) is 2.26. The lowest BCUT2D eigenvalue weighted by molar-refractivity contribution is 0.476. The molecule has 2 aliphatic rings. The summed E-state index contributed by atoms with van der Waals surface area (Å²) >= 11 is 6.00. The van der Waals surface area contributed by atoms with Gasteiger partial charge in [-0.05, 0) is 11.1 Å². The second-order valence-electron chi connectivity index (χ2n) is 6.76. The Labute approximate surface area is 146 Å². The van der Waals surface area contributed by atoms with Crippen molar-refractivity contribution >= 4 is 46.7 Å². The van der Waals surface area contributed by atoms with Crippen LogP contribution in [0.4, 0.5) is 0 Å². The summed E-state index contributed by atoms with van der Waals surface area (Å²) in [4.78, 5) is 0. The highest BCUT2D eigenvalue weighted by atomic mass is 127. The third-order valence-electron chi connectivity index (χ3n) is 5.30. The second-order valence-corrected chi connectivity index (χ2v) is 26.6. The van der Waals surface area contributed by atoms with Crippen LogP contribution < -0.4 is 0 Å². The maximum absolute atomic E-state index is 3.00. The molecule has 0 unspecified atom stereocenters. The monoisotopic (exact) mass is 504 g/mol. The van der Waals surface area contributed by atoms with Gasteiger partial charge in [0.25, 0.3) is 0 Å². The van der Waals surface area contributed by atoms with E-state index in [1.54, 1.807) is 25.7 Å². The molecule has 0 radical (unpaired) electrons. The first-order chi connectivity index (χ1) is 9.21. The van der Waals surface area contributed by atoms with Crippen molar-refractivity contribution in [3.8, 4) is 0 Å². The smallest absolute Gasteiger partial charge is 0.104 e. The lowest BCUT2D eigenvalue weighted by atomic mass is 10.00. The molecule has 0 atom stereocenters. The Morgan fingerprint density at radius 3 is 1.05 bits per heavy atom. The highest BCUT2D eigenvalue weighted by Crippen LogP contribution is 2.53. The molecule has 3 heteroatoms. The minimum atomic E-state index is -1.07. The fraction of sp³-hybridized carbons (Fsp3) is 1.00. The summed E-state index contributed by atoms with van der Waals surface area (Å²) in [7, 11) is 0. The molecule has 0 amide bonds. The lowest BCUT2D eigenvalue weighted by Crippen LogP contribution is -2.33. The Kier molecular flexibility index (Phi) is 8.03. The van der Waals surface area contributed by atoms with Crippen LogP contribution in [0.5, 0.6) is 0 Å². The van der Waals surface area contributed by atoms with Crippen LogP contribution in [-0.4, -0.2) is 3.07 Å². The zero-order valence-electron chi connectivity index (χ0n) is 12.3. The summed E-state index contributed by atoms with van der Waals surface area (Å²) in [5.74, 6) is 0. The summed E-state index contributed by atoms with van der Waals surface area (Å²) in [6, 6.07) is 0. The van der Waals surface area contributed by atoms with E-state index in [-0.39, 0.29) is 0 Å². The summed E-state index contributed by atoms with van der Waals surface area (Å²) in [5, 5.41) is 0. The summed E-state index contributed by atoms with van der Waals surface area (Å²) in [6.45, 7) is 0. The number of hydrogen-bond acceptors (Lipinski definition) is 0. The van der Waals surface area contributed by atoms with E-state index in [9.17, 15) is 0 Å². The van der Waals surface area contributed by atoms with Crippen LogP contribution in [-0.2, 0) is 0 Å². The zero-order valence-corrected chi connectivity index (χ0v) is 17.6. The molecule has 2 saturated carbocycles. The van der Waals surface area contributed by atoms with Crippen molar-refractivity contribution in [2.45, 2.75) is 101 Å². The summed E-state index contributed by atoms with van der Waals surface area (Å²) < 4.78 is -1.07. The molecule has 0 aliphatic heterocycles. The van der Waals surface area contributed by atoms with Gasteiger partial charge in [0.15, 0.2) is 3.07 Å². The van der Waals surface area contributed by atoms with Gasteiger partial charge < -0.3 is 0 Å². The van der Waals surface area contributed by atoms with E-state index < -0.39 is 3.07 Å². The molecule has 2 aliphatic carbocycles. The van der Waals surface area contributed by atoms with Crippen LogP contribution >= 0.6 is 43.6 Å². The van der Waals surface area contributed by atoms with Crippen molar-refractivity contribution in [2.24, 2.45) is 0 Å². The van der Waals surface area contributed by atoms with Crippen LogP contribution in [0.15, 0.2) is 0 Å². The molecule has 0 saturated heterocycles. The van der Waals surface area contributed by atoms with Gasteiger partial charge in [0, 0.05) is 0 Å². The maximum Gasteiger partial charge on any atom is 0.197 e. The number of halogens is 2. The van der Waals surface area contributed by atoms with Crippen LogP contribution in [0.3, 0.4) is 0 Å². The van der Waals surface area contributed by atoms with Crippen LogP contribution in [0, 0.1) is 0 Å². The third-order valence-corrected chi connectivity index (χ3v) is 19.2. The molecule has 0 aromatic carbocycles. The first kappa shape index (κ1) is 17.0. The highest BCUT2D eigenvalue weighted by molar-refractivity contribution is 14.3. The molecule has 0 aromatic heterocycles. The van der Waals surface area contributed by atoms with Crippen LogP contribution in [0.25, 0.3) is 0 Å². The van der Waals surface area contributed by atoms with E-state index in [0.29, 0.717) is 0 Å². The van der Waals surface area contributed by atoms with Gasteiger partial charge in [-0.25, -0.2) is 0 Å². The van der Waals surface area contributed by atoms with Gasteiger partial charge in [0.1, 0.15) is 0 Å². The van der Waals surface area contributed by atoms with Gasteiger partial charge >= 0.3 is 0 Å². The Morgan fingerprint density at radius 1 is 0.474 bits per heavy atom. The highest BCUT2D eigenvalue weighted by Gasteiger charge is 2.42. The molecular weight excluding hydrogens is 474 g/mol. The first-order valence-electron chi connectivity index (χ1n) is 8.59. The van der Waals surface area contributed by atoms with Gasteiger partial charge in [0.05, 0.1) is 0 Å². The molecule has 0 spiro atoms. The van der Waals surface area contributed by atoms with Crippen molar-refractivity contribution in [1.29, 1.82) is 0 Å². The Hall–Kier alpha value is 1.68. The van der Waals surface area contributed by atoms with E-state index in [1.807, 2.05) is 0 Å². The number of rotatable bonds is 2. The van der Waals surface area contributed by atoms with E-state index in [2.05, 4.69) is 43.6 Å². The van der Waals surface area contributed by atoms with Crippen molar-refractivity contribution < 1.29 is 0 Å². The van der Waals surface area contributed by atoms with E-state index in [4.69, 9.17) is 0 Å². The molecule has 112 valence electrons. The molecule has 0 aromatic rings. The van der Waals surface area contributed by atoms with Gasteiger partial charge in [0.2, 0.25) is 0 Å². The van der Waals surface area contributed by atoms with Crippen molar-refractivity contribution in [3.05, 3.63) is 0 Å². The van der Waals surface area contributed by atoms with Crippen molar-refractivity contribution in [1.82, 2.24) is 0 Å².